The Labute approximate surface area is 155 Å². The molecule has 26 heavy (non-hydrogen) atoms. The minimum atomic E-state index is 0.0664. The summed E-state index contributed by atoms with van der Waals surface area (Å²) in [5.41, 5.74) is 3.39. The van der Waals surface area contributed by atoms with Crippen LogP contribution in [0.1, 0.15) is 0 Å². The molecular weight excluding hydrogens is 350 g/mol. The lowest BCUT2D eigenvalue weighted by Crippen LogP contribution is -2.01. The van der Waals surface area contributed by atoms with Crippen LogP contribution in [0.4, 0.5) is 11.6 Å². The van der Waals surface area contributed by atoms with Gasteiger partial charge in [0, 0.05) is 46.8 Å². The largest absolute Gasteiger partial charge is 0.395 e. The third-order valence-corrected chi connectivity index (χ3v) is 4.25. The van der Waals surface area contributed by atoms with Crippen LogP contribution in [-0.4, -0.2) is 31.2 Å². The zero-order valence-electron chi connectivity index (χ0n) is 13.8. The van der Waals surface area contributed by atoms with Crippen molar-refractivity contribution in [2.45, 2.75) is 6.54 Å². The Hall–Kier alpha value is -2.96. The second-order valence-electron chi connectivity index (χ2n) is 5.73. The summed E-state index contributed by atoms with van der Waals surface area (Å²) in [6.07, 6.45) is 5.38. The molecule has 0 fully saturated rings. The first kappa shape index (κ1) is 16.5. The van der Waals surface area contributed by atoms with Gasteiger partial charge in [-0.25, -0.2) is 15.0 Å². The van der Waals surface area contributed by atoms with Gasteiger partial charge in [0.2, 0.25) is 5.95 Å². The summed E-state index contributed by atoms with van der Waals surface area (Å²) in [6, 6.07) is 13.2. The van der Waals surface area contributed by atoms with Crippen molar-refractivity contribution in [2.24, 2.45) is 0 Å². The molecule has 0 saturated heterocycles. The number of aliphatic hydroxyl groups excluding tert-OH is 1. The number of hydrogen-bond donors (Lipinski definition) is 2. The molecule has 0 aliphatic rings. The van der Waals surface area contributed by atoms with Gasteiger partial charge in [0.05, 0.1) is 12.3 Å². The molecule has 0 aliphatic heterocycles. The van der Waals surface area contributed by atoms with Gasteiger partial charge in [-0.15, -0.1) is 0 Å². The Balaban J connectivity index is 1.71. The second-order valence-corrected chi connectivity index (χ2v) is 6.17. The topological polar surface area (TPSA) is 75.9 Å². The average molecular weight is 366 g/mol. The van der Waals surface area contributed by atoms with E-state index in [9.17, 15) is 5.11 Å². The van der Waals surface area contributed by atoms with Crippen molar-refractivity contribution in [3.63, 3.8) is 0 Å². The molecule has 4 rings (SSSR count). The molecule has 3 heterocycles. The lowest BCUT2D eigenvalue weighted by Gasteiger charge is -2.08. The van der Waals surface area contributed by atoms with Crippen LogP contribution in [0.15, 0.2) is 61.1 Å². The first-order valence-electron chi connectivity index (χ1n) is 8.15. The highest BCUT2D eigenvalue weighted by atomic mass is 35.5. The van der Waals surface area contributed by atoms with E-state index < -0.39 is 0 Å². The van der Waals surface area contributed by atoms with E-state index in [1.807, 2.05) is 53.2 Å². The Bertz CT molecular complexity index is 1060. The third-order valence-electron chi connectivity index (χ3n) is 4.02. The Kier molecular flexibility index (Phi) is 4.51. The first-order chi connectivity index (χ1) is 12.7. The molecule has 4 aromatic rings. The summed E-state index contributed by atoms with van der Waals surface area (Å²) in [7, 11) is 0. The number of halogens is 1. The maximum atomic E-state index is 9.19. The summed E-state index contributed by atoms with van der Waals surface area (Å²) >= 11 is 6.02. The highest BCUT2D eigenvalue weighted by Crippen LogP contribution is 2.27. The van der Waals surface area contributed by atoms with Crippen LogP contribution in [0.3, 0.4) is 0 Å². The van der Waals surface area contributed by atoms with Crippen molar-refractivity contribution < 1.29 is 5.11 Å². The number of rotatable bonds is 5. The number of nitrogens with one attached hydrogen (secondary N) is 1. The number of pyridine rings is 1. The number of benzene rings is 1. The number of hydrogen-bond acceptors (Lipinski definition) is 5. The van der Waals surface area contributed by atoms with Crippen molar-refractivity contribution in [3.8, 4) is 11.3 Å². The molecule has 6 nitrogen and oxygen atoms in total. The standard InChI is InChI=1S/C19H16ClN5O/c20-13-2-1-3-14(12-13)23-19-22-8-5-17(24-19)15-4-7-21-18-16(15)6-9-25(18)10-11-26/h1-9,12,26H,10-11H2,(H,22,23,24). The highest BCUT2D eigenvalue weighted by molar-refractivity contribution is 6.30. The van der Waals surface area contributed by atoms with E-state index >= 15 is 0 Å². The number of nitrogens with zero attached hydrogens (tertiary/aromatic N) is 4. The van der Waals surface area contributed by atoms with Gasteiger partial charge in [-0.3, -0.25) is 0 Å². The summed E-state index contributed by atoms with van der Waals surface area (Å²) in [4.78, 5) is 13.3. The Morgan fingerprint density at radius 2 is 1.96 bits per heavy atom. The summed E-state index contributed by atoms with van der Waals surface area (Å²) in [6.45, 7) is 0.572. The van der Waals surface area contributed by atoms with Crippen molar-refractivity contribution in [1.29, 1.82) is 0 Å². The van der Waals surface area contributed by atoms with Crippen LogP contribution >= 0.6 is 11.6 Å². The molecule has 0 radical (unpaired) electrons. The van der Waals surface area contributed by atoms with Gasteiger partial charge < -0.3 is 15.0 Å². The number of aromatic nitrogens is 4. The van der Waals surface area contributed by atoms with Crippen LogP contribution in [0.25, 0.3) is 22.3 Å². The van der Waals surface area contributed by atoms with Gasteiger partial charge in [0.1, 0.15) is 5.65 Å². The Morgan fingerprint density at radius 3 is 2.81 bits per heavy atom. The number of fused-ring (bicyclic) bond motifs is 1. The monoisotopic (exact) mass is 365 g/mol. The predicted molar refractivity (Wildman–Crippen MR) is 103 cm³/mol. The van der Waals surface area contributed by atoms with Gasteiger partial charge in [-0.2, -0.15) is 0 Å². The van der Waals surface area contributed by atoms with Crippen LogP contribution in [-0.2, 0) is 6.54 Å². The van der Waals surface area contributed by atoms with E-state index in [4.69, 9.17) is 11.6 Å². The molecule has 0 aliphatic carbocycles. The minimum Gasteiger partial charge on any atom is -0.395 e. The lowest BCUT2D eigenvalue weighted by atomic mass is 10.1. The fraction of sp³-hybridized carbons (Fsp3) is 0.105. The lowest BCUT2D eigenvalue weighted by molar-refractivity contribution is 0.278. The molecule has 0 saturated carbocycles. The molecule has 130 valence electrons. The first-order valence-corrected chi connectivity index (χ1v) is 8.53. The quantitative estimate of drug-likeness (QED) is 0.561. The van der Waals surface area contributed by atoms with Gasteiger partial charge >= 0.3 is 0 Å². The second kappa shape index (κ2) is 7.11. The summed E-state index contributed by atoms with van der Waals surface area (Å²) in [5.74, 6) is 0.490. The highest BCUT2D eigenvalue weighted by Gasteiger charge is 2.10. The zero-order valence-corrected chi connectivity index (χ0v) is 14.6. The summed E-state index contributed by atoms with van der Waals surface area (Å²) < 4.78 is 1.92. The maximum Gasteiger partial charge on any atom is 0.227 e. The average Bonchev–Trinajstić information content (AvgIpc) is 3.05. The molecule has 7 heteroatoms. The normalized spacial score (nSPS) is 11.0. The predicted octanol–water partition coefficient (Wildman–Crippen LogP) is 3.88. The minimum absolute atomic E-state index is 0.0664. The molecule has 0 unspecified atom stereocenters. The van der Waals surface area contributed by atoms with Crippen LogP contribution in [0.2, 0.25) is 5.02 Å². The van der Waals surface area contributed by atoms with E-state index in [0.29, 0.717) is 17.5 Å². The molecule has 1 aromatic carbocycles. The van der Waals surface area contributed by atoms with E-state index in [0.717, 1.165) is 28.0 Å². The fourth-order valence-electron chi connectivity index (χ4n) is 2.87. The SMILES string of the molecule is OCCn1ccc2c(-c3ccnc(Nc4cccc(Cl)c4)n3)ccnc21. The summed E-state index contributed by atoms with van der Waals surface area (Å²) in [5, 5.41) is 14.0. The Morgan fingerprint density at radius 1 is 1.08 bits per heavy atom. The van der Waals surface area contributed by atoms with Crippen molar-refractivity contribution in [3.05, 3.63) is 66.1 Å². The molecular formula is C19H16ClN5O. The van der Waals surface area contributed by atoms with Gasteiger partial charge in [-0.05, 0) is 36.4 Å². The smallest absolute Gasteiger partial charge is 0.227 e. The molecule has 0 amide bonds. The van der Waals surface area contributed by atoms with Crippen molar-refractivity contribution in [1.82, 2.24) is 19.5 Å². The van der Waals surface area contributed by atoms with E-state index in [1.54, 1.807) is 12.4 Å². The molecule has 3 aromatic heterocycles. The maximum absolute atomic E-state index is 9.19. The fourth-order valence-corrected chi connectivity index (χ4v) is 3.06. The zero-order chi connectivity index (χ0) is 17.9. The van der Waals surface area contributed by atoms with Gasteiger partial charge in [0.25, 0.3) is 0 Å². The number of aliphatic hydroxyl groups is 1. The van der Waals surface area contributed by atoms with Crippen LogP contribution in [0, 0.1) is 0 Å². The van der Waals surface area contributed by atoms with Gasteiger partial charge in [0.15, 0.2) is 0 Å². The molecule has 2 N–H and O–H groups in total. The van der Waals surface area contributed by atoms with Gasteiger partial charge in [-0.1, -0.05) is 17.7 Å². The number of anilines is 2. The molecule has 0 atom stereocenters. The van der Waals surface area contributed by atoms with Crippen molar-refractivity contribution in [2.75, 3.05) is 11.9 Å². The van der Waals surface area contributed by atoms with E-state index in [2.05, 4.69) is 20.3 Å². The van der Waals surface area contributed by atoms with Crippen LogP contribution < -0.4 is 5.32 Å². The van der Waals surface area contributed by atoms with E-state index in [1.165, 1.54) is 0 Å². The van der Waals surface area contributed by atoms with Crippen molar-refractivity contribution >= 4 is 34.3 Å². The van der Waals surface area contributed by atoms with E-state index in [-0.39, 0.29) is 6.61 Å². The van der Waals surface area contributed by atoms with Crippen LogP contribution in [0.5, 0.6) is 0 Å². The molecule has 0 spiro atoms. The molecule has 0 bridgehead atoms. The third kappa shape index (κ3) is 3.24.